The minimum absolute atomic E-state index is 0.0369. The zero-order chi connectivity index (χ0) is 18.6. The van der Waals surface area contributed by atoms with Gasteiger partial charge in [0.15, 0.2) is 11.5 Å². The minimum Gasteiger partial charge on any atom is -0.454 e. The van der Waals surface area contributed by atoms with Crippen LogP contribution in [0.2, 0.25) is 0 Å². The summed E-state index contributed by atoms with van der Waals surface area (Å²) in [5.41, 5.74) is 1.72. The van der Waals surface area contributed by atoms with Crippen molar-refractivity contribution in [3.05, 3.63) is 58.1 Å². The Morgan fingerprint density at radius 2 is 1.89 bits per heavy atom. The number of carbonyl (C=O) groups is 1. The fourth-order valence-corrected chi connectivity index (χ4v) is 3.86. The third-order valence-corrected chi connectivity index (χ3v) is 5.53. The molecule has 0 spiro atoms. The molecule has 0 aliphatic carbocycles. The molecule has 6 nitrogen and oxygen atoms in total. The van der Waals surface area contributed by atoms with E-state index in [1.807, 2.05) is 42.5 Å². The number of hydrogen-bond acceptors (Lipinski definition) is 5. The average molecular weight is 433 g/mol. The zero-order valence-corrected chi connectivity index (χ0v) is 16.4. The van der Waals surface area contributed by atoms with E-state index in [2.05, 4.69) is 26.1 Å². The molecule has 7 heteroatoms. The van der Waals surface area contributed by atoms with Crippen molar-refractivity contribution >= 4 is 21.8 Å². The smallest absolute Gasteiger partial charge is 0.252 e. The van der Waals surface area contributed by atoms with Crippen molar-refractivity contribution < 1.29 is 19.0 Å². The standard InChI is InChI=1S/C20H21BrN2O4/c21-16-4-2-1-3-15(16)20(24)22-12-17(23-7-9-25-10-8-23)14-5-6-18-19(11-14)27-13-26-18/h1-6,11,17H,7-10,12-13H2,(H,22,24)/t17-/m1/s1. The van der Waals surface area contributed by atoms with Gasteiger partial charge in [0.1, 0.15) is 0 Å². The van der Waals surface area contributed by atoms with Crippen LogP contribution in [0, 0.1) is 0 Å². The first-order valence-electron chi connectivity index (χ1n) is 8.96. The van der Waals surface area contributed by atoms with E-state index in [0.717, 1.165) is 34.6 Å². The van der Waals surface area contributed by atoms with Gasteiger partial charge in [-0.3, -0.25) is 9.69 Å². The van der Waals surface area contributed by atoms with Crippen LogP contribution in [0.4, 0.5) is 0 Å². The van der Waals surface area contributed by atoms with Gasteiger partial charge in [0.25, 0.3) is 5.91 Å². The first-order valence-corrected chi connectivity index (χ1v) is 9.76. The lowest BCUT2D eigenvalue weighted by Gasteiger charge is -2.35. The van der Waals surface area contributed by atoms with Gasteiger partial charge in [-0.2, -0.15) is 0 Å². The summed E-state index contributed by atoms with van der Waals surface area (Å²) < 4.78 is 17.2. The Balaban J connectivity index is 1.53. The second kappa shape index (κ2) is 8.29. The van der Waals surface area contributed by atoms with E-state index in [0.29, 0.717) is 25.3 Å². The Morgan fingerprint density at radius 1 is 1.11 bits per heavy atom. The molecule has 1 fully saturated rings. The summed E-state index contributed by atoms with van der Waals surface area (Å²) in [5.74, 6) is 1.42. The number of nitrogens with zero attached hydrogens (tertiary/aromatic N) is 1. The van der Waals surface area contributed by atoms with Crippen LogP contribution >= 0.6 is 15.9 Å². The number of ether oxygens (including phenoxy) is 3. The zero-order valence-electron chi connectivity index (χ0n) is 14.8. The molecular formula is C20H21BrN2O4. The highest BCUT2D eigenvalue weighted by Crippen LogP contribution is 2.35. The molecule has 1 atom stereocenters. The molecule has 0 unspecified atom stereocenters. The van der Waals surface area contributed by atoms with Gasteiger partial charge in [-0.05, 0) is 45.8 Å². The van der Waals surface area contributed by atoms with Crippen LogP contribution in [0.5, 0.6) is 11.5 Å². The summed E-state index contributed by atoms with van der Waals surface area (Å²) in [4.78, 5) is 15.0. The third kappa shape index (κ3) is 4.10. The van der Waals surface area contributed by atoms with E-state index in [1.54, 1.807) is 0 Å². The molecule has 0 radical (unpaired) electrons. The lowest BCUT2D eigenvalue weighted by Crippen LogP contribution is -2.43. The maximum absolute atomic E-state index is 12.6. The summed E-state index contributed by atoms with van der Waals surface area (Å²) in [5, 5.41) is 3.08. The lowest BCUT2D eigenvalue weighted by atomic mass is 10.0. The topological polar surface area (TPSA) is 60.0 Å². The largest absolute Gasteiger partial charge is 0.454 e. The highest BCUT2D eigenvalue weighted by atomic mass is 79.9. The molecule has 1 saturated heterocycles. The molecule has 0 aromatic heterocycles. The predicted molar refractivity (Wildman–Crippen MR) is 104 cm³/mol. The van der Waals surface area contributed by atoms with Gasteiger partial charge in [0.2, 0.25) is 6.79 Å². The first kappa shape index (κ1) is 18.3. The van der Waals surface area contributed by atoms with E-state index in [1.165, 1.54) is 0 Å². The van der Waals surface area contributed by atoms with Crippen LogP contribution < -0.4 is 14.8 Å². The van der Waals surface area contributed by atoms with Crippen LogP contribution in [0.3, 0.4) is 0 Å². The number of morpholine rings is 1. The highest BCUT2D eigenvalue weighted by molar-refractivity contribution is 9.10. The molecule has 2 aromatic carbocycles. The van der Waals surface area contributed by atoms with Crippen LogP contribution in [-0.4, -0.2) is 50.4 Å². The molecule has 27 heavy (non-hydrogen) atoms. The SMILES string of the molecule is O=C(NC[C@H](c1ccc2c(c1)OCO2)N1CCOCC1)c1ccccc1Br. The number of hydrogen-bond donors (Lipinski definition) is 1. The fraction of sp³-hybridized carbons (Fsp3) is 0.350. The van der Waals surface area contributed by atoms with Crippen molar-refractivity contribution in [1.29, 1.82) is 0 Å². The Labute approximate surface area is 166 Å². The van der Waals surface area contributed by atoms with Crippen molar-refractivity contribution in [3.63, 3.8) is 0 Å². The Kier molecular flexibility index (Phi) is 5.61. The number of nitrogens with one attached hydrogen (secondary N) is 1. The van der Waals surface area contributed by atoms with Gasteiger partial charge in [-0.1, -0.05) is 18.2 Å². The van der Waals surface area contributed by atoms with Crippen molar-refractivity contribution in [2.75, 3.05) is 39.6 Å². The maximum Gasteiger partial charge on any atom is 0.252 e. The highest BCUT2D eigenvalue weighted by Gasteiger charge is 2.25. The Bertz CT molecular complexity index is 823. The van der Waals surface area contributed by atoms with Gasteiger partial charge in [0, 0.05) is 24.1 Å². The molecule has 4 rings (SSSR count). The van der Waals surface area contributed by atoms with Crippen molar-refractivity contribution in [2.24, 2.45) is 0 Å². The number of rotatable bonds is 5. The van der Waals surface area contributed by atoms with Gasteiger partial charge in [0.05, 0.1) is 24.8 Å². The Hall–Kier alpha value is -2.09. The average Bonchev–Trinajstić information content (AvgIpc) is 3.17. The summed E-state index contributed by atoms with van der Waals surface area (Å²) in [6.45, 7) is 3.78. The third-order valence-electron chi connectivity index (χ3n) is 4.84. The van der Waals surface area contributed by atoms with Crippen molar-refractivity contribution in [2.45, 2.75) is 6.04 Å². The van der Waals surface area contributed by atoms with E-state index in [-0.39, 0.29) is 18.7 Å². The van der Waals surface area contributed by atoms with Crippen LogP contribution in [0.25, 0.3) is 0 Å². The molecule has 2 aliphatic rings. The number of benzene rings is 2. The van der Waals surface area contributed by atoms with Crippen LogP contribution in [0.1, 0.15) is 22.0 Å². The lowest BCUT2D eigenvalue weighted by molar-refractivity contribution is 0.0162. The van der Waals surface area contributed by atoms with Gasteiger partial charge < -0.3 is 19.5 Å². The van der Waals surface area contributed by atoms with Crippen molar-refractivity contribution in [3.8, 4) is 11.5 Å². The normalized spacial score (nSPS) is 17.5. The molecule has 1 N–H and O–H groups in total. The van der Waals surface area contributed by atoms with Crippen molar-refractivity contribution in [1.82, 2.24) is 10.2 Å². The summed E-state index contributed by atoms with van der Waals surface area (Å²) >= 11 is 3.44. The molecular weight excluding hydrogens is 412 g/mol. The Morgan fingerprint density at radius 3 is 2.70 bits per heavy atom. The van der Waals surface area contributed by atoms with E-state index in [4.69, 9.17) is 14.2 Å². The van der Waals surface area contributed by atoms with Gasteiger partial charge >= 0.3 is 0 Å². The van der Waals surface area contributed by atoms with E-state index >= 15 is 0 Å². The summed E-state index contributed by atoms with van der Waals surface area (Å²) in [6, 6.07) is 13.4. The second-order valence-corrected chi connectivity index (χ2v) is 7.32. The molecule has 0 saturated carbocycles. The first-order chi connectivity index (χ1) is 13.2. The fourth-order valence-electron chi connectivity index (χ4n) is 3.40. The number of fused-ring (bicyclic) bond motifs is 1. The molecule has 2 aromatic rings. The number of carbonyl (C=O) groups excluding carboxylic acids is 1. The van der Waals surface area contributed by atoms with Gasteiger partial charge in [-0.15, -0.1) is 0 Å². The van der Waals surface area contributed by atoms with E-state index in [9.17, 15) is 4.79 Å². The molecule has 142 valence electrons. The minimum atomic E-state index is -0.0959. The summed E-state index contributed by atoms with van der Waals surface area (Å²) in [7, 11) is 0. The van der Waals surface area contributed by atoms with Crippen LogP contribution in [-0.2, 0) is 4.74 Å². The molecule has 1 amide bonds. The maximum atomic E-state index is 12.6. The second-order valence-electron chi connectivity index (χ2n) is 6.47. The molecule has 0 bridgehead atoms. The quantitative estimate of drug-likeness (QED) is 0.786. The number of amides is 1. The monoisotopic (exact) mass is 432 g/mol. The van der Waals surface area contributed by atoms with Crippen LogP contribution in [0.15, 0.2) is 46.9 Å². The number of halogens is 1. The summed E-state index contributed by atoms with van der Waals surface area (Å²) in [6.07, 6.45) is 0. The molecule has 2 heterocycles. The van der Waals surface area contributed by atoms with E-state index < -0.39 is 0 Å². The molecule has 2 aliphatic heterocycles. The predicted octanol–water partition coefficient (Wildman–Crippen LogP) is 2.98. The van der Waals surface area contributed by atoms with Gasteiger partial charge in [-0.25, -0.2) is 0 Å².